The fourth-order valence-electron chi connectivity index (χ4n) is 2.14. The second kappa shape index (κ2) is 6.67. The number of halogens is 1. The summed E-state index contributed by atoms with van der Waals surface area (Å²) in [5.74, 6) is 0.272. The van der Waals surface area contributed by atoms with Crippen LogP contribution in [0.4, 0.5) is 0 Å². The van der Waals surface area contributed by atoms with Gasteiger partial charge in [-0.25, -0.2) is 4.98 Å². The Morgan fingerprint density at radius 2 is 1.96 bits per heavy atom. The van der Waals surface area contributed by atoms with E-state index in [9.17, 15) is 4.79 Å². The van der Waals surface area contributed by atoms with Crippen molar-refractivity contribution in [3.8, 4) is 0 Å². The summed E-state index contributed by atoms with van der Waals surface area (Å²) in [5, 5.41) is 3.49. The summed E-state index contributed by atoms with van der Waals surface area (Å²) < 4.78 is 5.64. The molecule has 1 aromatic heterocycles. The van der Waals surface area contributed by atoms with Gasteiger partial charge in [-0.3, -0.25) is 4.79 Å². The summed E-state index contributed by atoms with van der Waals surface area (Å²) in [6, 6.07) is 14.4. The molecule has 23 heavy (non-hydrogen) atoms. The van der Waals surface area contributed by atoms with Crippen LogP contribution in [-0.2, 0) is 4.79 Å². The molecule has 1 atom stereocenters. The molecule has 0 saturated heterocycles. The number of fused-ring (bicyclic) bond motifs is 1. The fourth-order valence-corrected chi connectivity index (χ4v) is 2.27. The summed E-state index contributed by atoms with van der Waals surface area (Å²) in [6.45, 7) is 1.83. The molecule has 3 aromatic rings. The second-order valence-corrected chi connectivity index (χ2v) is 5.57. The molecule has 1 amide bonds. The highest BCUT2D eigenvalue weighted by Gasteiger charge is 2.14. The predicted octanol–water partition coefficient (Wildman–Crippen LogP) is 4.37. The number of nitrogens with zero attached hydrogens (tertiary/aromatic N) is 1. The lowest BCUT2D eigenvalue weighted by Crippen LogP contribution is -2.24. The number of oxazole rings is 1. The molecular formula is C18H15ClN2O2. The van der Waals surface area contributed by atoms with Crippen LogP contribution >= 0.6 is 11.6 Å². The van der Waals surface area contributed by atoms with E-state index in [2.05, 4.69) is 10.3 Å². The van der Waals surface area contributed by atoms with E-state index in [4.69, 9.17) is 16.0 Å². The normalized spacial score (nSPS) is 12.6. The van der Waals surface area contributed by atoms with Crippen LogP contribution in [0.25, 0.3) is 17.2 Å². The maximum Gasteiger partial charge on any atom is 0.244 e. The standard InChI is InChI=1S/C18H15ClN2O2/c1-12(18-21-15-4-2-3-5-16(15)23-18)20-17(22)11-8-13-6-9-14(19)10-7-13/h2-12H,1H3,(H,20,22)/b11-8+. The van der Waals surface area contributed by atoms with Gasteiger partial charge in [0.15, 0.2) is 5.58 Å². The molecule has 0 spiro atoms. The number of carbonyl (C=O) groups excluding carboxylic acids is 1. The van der Waals surface area contributed by atoms with Crippen LogP contribution in [-0.4, -0.2) is 10.9 Å². The van der Waals surface area contributed by atoms with Gasteiger partial charge in [0.05, 0.1) is 0 Å². The molecule has 0 bridgehead atoms. The van der Waals surface area contributed by atoms with Crippen molar-refractivity contribution in [3.63, 3.8) is 0 Å². The molecule has 0 saturated carbocycles. The van der Waals surface area contributed by atoms with Crippen molar-refractivity contribution in [1.29, 1.82) is 0 Å². The van der Waals surface area contributed by atoms with Gasteiger partial charge in [0, 0.05) is 11.1 Å². The average Bonchev–Trinajstić information content (AvgIpc) is 2.98. The van der Waals surface area contributed by atoms with Crippen molar-refractivity contribution in [2.75, 3.05) is 0 Å². The summed E-state index contributed by atoms with van der Waals surface area (Å²) in [7, 11) is 0. The van der Waals surface area contributed by atoms with Crippen LogP contribution in [0.2, 0.25) is 5.02 Å². The average molecular weight is 327 g/mol. The molecular weight excluding hydrogens is 312 g/mol. The van der Waals surface area contributed by atoms with Crippen LogP contribution in [0.15, 0.2) is 59.0 Å². The molecule has 5 heteroatoms. The monoisotopic (exact) mass is 326 g/mol. The lowest BCUT2D eigenvalue weighted by Gasteiger charge is -2.07. The molecule has 2 aromatic carbocycles. The third kappa shape index (κ3) is 3.79. The molecule has 1 unspecified atom stereocenters. The minimum absolute atomic E-state index is 0.213. The Bertz CT molecular complexity index is 820. The number of para-hydroxylation sites is 2. The van der Waals surface area contributed by atoms with E-state index in [1.54, 1.807) is 18.2 Å². The number of carbonyl (C=O) groups is 1. The molecule has 1 heterocycles. The lowest BCUT2D eigenvalue weighted by atomic mass is 10.2. The highest BCUT2D eigenvalue weighted by molar-refractivity contribution is 6.30. The fraction of sp³-hybridized carbons (Fsp3) is 0.111. The second-order valence-electron chi connectivity index (χ2n) is 5.13. The van der Waals surface area contributed by atoms with Gasteiger partial charge in [0.2, 0.25) is 11.8 Å². The minimum Gasteiger partial charge on any atom is -0.438 e. The Kier molecular flexibility index (Phi) is 4.44. The van der Waals surface area contributed by atoms with Crippen molar-refractivity contribution in [3.05, 3.63) is 71.1 Å². The largest absolute Gasteiger partial charge is 0.438 e. The first-order chi connectivity index (χ1) is 11.1. The molecule has 0 fully saturated rings. The van der Waals surface area contributed by atoms with Crippen LogP contribution in [0.1, 0.15) is 24.4 Å². The van der Waals surface area contributed by atoms with E-state index in [1.807, 2.05) is 43.3 Å². The zero-order valence-electron chi connectivity index (χ0n) is 12.5. The number of hydrogen-bond acceptors (Lipinski definition) is 3. The van der Waals surface area contributed by atoms with Gasteiger partial charge in [-0.05, 0) is 42.8 Å². The maximum absolute atomic E-state index is 12.0. The van der Waals surface area contributed by atoms with Crippen molar-refractivity contribution >= 4 is 34.7 Å². The van der Waals surface area contributed by atoms with Gasteiger partial charge in [-0.1, -0.05) is 35.9 Å². The molecule has 1 N–H and O–H groups in total. The van der Waals surface area contributed by atoms with E-state index in [1.165, 1.54) is 6.08 Å². The molecule has 0 radical (unpaired) electrons. The number of hydrogen-bond donors (Lipinski definition) is 1. The van der Waals surface area contributed by atoms with Gasteiger partial charge in [-0.15, -0.1) is 0 Å². The Labute approximate surface area is 138 Å². The smallest absolute Gasteiger partial charge is 0.244 e. The van der Waals surface area contributed by atoms with Crippen molar-refractivity contribution < 1.29 is 9.21 Å². The Hall–Kier alpha value is -2.59. The van der Waals surface area contributed by atoms with Crippen molar-refractivity contribution in [2.45, 2.75) is 13.0 Å². The number of amides is 1. The van der Waals surface area contributed by atoms with E-state index in [0.717, 1.165) is 11.1 Å². The minimum atomic E-state index is -0.315. The van der Waals surface area contributed by atoms with E-state index >= 15 is 0 Å². The van der Waals surface area contributed by atoms with Crippen LogP contribution in [0, 0.1) is 0 Å². The Morgan fingerprint density at radius 1 is 1.22 bits per heavy atom. The Morgan fingerprint density at radius 3 is 2.70 bits per heavy atom. The van der Waals surface area contributed by atoms with Gasteiger partial charge in [0.25, 0.3) is 0 Å². The van der Waals surface area contributed by atoms with Gasteiger partial charge in [0.1, 0.15) is 11.6 Å². The summed E-state index contributed by atoms with van der Waals surface area (Å²) >= 11 is 5.82. The highest BCUT2D eigenvalue weighted by Crippen LogP contribution is 2.19. The van der Waals surface area contributed by atoms with Gasteiger partial charge in [-0.2, -0.15) is 0 Å². The van der Waals surface area contributed by atoms with Crippen molar-refractivity contribution in [1.82, 2.24) is 10.3 Å². The van der Waals surface area contributed by atoms with E-state index in [0.29, 0.717) is 16.5 Å². The number of benzene rings is 2. The molecule has 0 aliphatic heterocycles. The third-order valence-electron chi connectivity index (χ3n) is 3.34. The summed E-state index contributed by atoms with van der Waals surface area (Å²) in [4.78, 5) is 16.4. The highest BCUT2D eigenvalue weighted by atomic mass is 35.5. The Balaban J connectivity index is 1.65. The van der Waals surface area contributed by atoms with Gasteiger partial charge < -0.3 is 9.73 Å². The third-order valence-corrected chi connectivity index (χ3v) is 3.59. The topological polar surface area (TPSA) is 55.1 Å². The lowest BCUT2D eigenvalue weighted by molar-refractivity contribution is -0.117. The molecule has 4 nitrogen and oxygen atoms in total. The summed E-state index contributed by atoms with van der Waals surface area (Å²) in [5.41, 5.74) is 2.39. The maximum atomic E-state index is 12.0. The molecule has 0 aliphatic rings. The van der Waals surface area contributed by atoms with E-state index in [-0.39, 0.29) is 11.9 Å². The first-order valence-electron chi connectivity index (χ1n) is 7.21. The number of nitrogens with one attached hydrogen (secondary N) is 1. The zero-order chi connectivity index (χ0) is 16.2. The first-order valence-corrected chi connectivity index (χ1v) is 7.59. The van der Waals surface area contributed by atoms with Crippen LogP contribution < -0.4 is 5.32 Å². The summed E-state index contributed by atoms with van der Waals surface area (Å²) in [6.07, 6.45) is 3.20. The number of aromatic nitrogens is 1. The van der Waals surface area contributed by atoms with Crippen LogP contribution in [0.5, 0.6) is 0 Å². The number of rotatable bonds is 4. The predicted molar refractivity (Wildman–Crippen MR) is 91.1 cm³/mol. The van der Waals surface area contributed by atoms with Gasteiger partial charge >= 0.3 is 0 Å². The van der Waals surface area contributed by atoms with Crippen LogP contribution in [0.3, 0.4) is 0 Å². The molecule has 116 valence electrons. The zero-order valence-corrected chi connectivity index (χ0v) is 13.2. The molecule has 0 aliphatic carbocycles. The molecule has 3 rings (SSSR count). The van der Waals surface area contributed by atoms with E-state index < -0.39 is 0 Å². The quantitative estimate of drug-likeness (QED) is 0.724. The van der Waals surface area contributed by atoms with Crippen molar-refractivity contribution in [2.24, 2.45) is 0 Å². The first kappa shape index (κ1) is 15.3. The SMILES string of the molecule is CC(NC(=O)/C=C/c1ccc(Cl)cc1)c1nc2ccccc2o1.